The number of hydrogen-bond acceptors (Lipinski definition) is 2. The molecule has 1 N–H and O–H groups in total. The molecule has 3 heterocycles. The van der Waals surface area contributed by atoms with E-state index in [4.69, 9.17) is 0 Å². The van der Waals surface area contributed by atoms with E-state index in [9.17, 15) is 9.59 Å². The Morgan fingerprint density at radius 1 is 1.04 bits per heavy atom. The highest BCUT2D eigenvalue weighted by Gasteiger charge is 2.32. The lowest BCUT2D eigenvalue weighted by molar-refractivity contribution is -0.138. The molecule has 5 nitrogen and oxygen atoms in total. The fourth-order valence-corrected chi connectivity index (χ4v) is 4.34. The van der Waals surface area contributed by atoms with Crippen molar-refractivity contribution in [2.24, 2.45) is 11.8 Å². The van der Waals surface area contributed by atoms with Crippen LogP contribution in [0.2, 0.25) is 0 Å². The number of para-hydroxylation sites is 1. The lowest BCUT2D eigenvalue weighted by Crippen LogP contribution is -2.47. The molecule has 2 saturated heterocycles. The molecule has 0 spiro atoms. The summed E-state index contributed by atoms with van der Waals surface area (Å²) >= 11 is 0. The lowest BCUT2D eigenvalue weighted by Gasteiger charge is -2.37. The molecule has 0 aliphatic carbocycles. The number of hydrogen-bond donors (Lipinski definition) is 1. The van der Waals surface area contributed by atoms with E-state index in [1.54, 1.807) is 0 Å². The molecule has 1 atom stereocenters. The molecule has 0 radical (unpaired) electrons. The predicted octanol–water partition coefficient (Wildman–Crippen LogP) is 3.28. The summed E-state index contributed by atoms with van der Waals surface area (Å²) in [4.78, 5) is 32.7. The lowest BCUT2D eigenvalue weighted by atomic mass is 9.92. The number of nitrogens with one attached hydrogen (secondary N) is 1. The predicted molar refractivity (Wildman–Crippen MR) is 102 cm³/mol. The molecule has 0 saturated carbocycles. The van der Waals surface area contributed by atoms with Gasteiger partial charge in [0.25, 0.3) is 5.91 Å². The maximum Gasteiger partial charge on any atom is 0.270 e. The average molecular weight is 353 g/mol. The largest absolute Gasteiger partial charge is 0.351 e. The average Bonchev–Trinajstić information content (AvgIpc) is 3.11. The van der Waals surface area contributed by atoms with Crippen molar-refractivity contribution in [3.05, 3.63) is 36.0 Å². The van der Waals surface area contributed by atoms with Gasteiger partial charge in [0.15, 0.2) is 0 Å². The van der Waals surface area contributed by atoms with Crippen LogP contribution in [-0.4, -0.2) is 52.8 Å². The monoisotopic (exact) mass is 353 g/mol. The molecular weight excluding hydrogens is 326 g/mol. The molecule has 2 aliphatic heterocycles. The van der Waals surface area contributed by atoms with Crippen LogP contribution in [0.25, 0.3) is 10.9 Å². The number of benzene rings is 1. The summed E-state index contributed by atoms with van der Waals surface area (Å²) < 4.78 is 0. The smallest absolute Gasteiger partial charge is 0.270 e. The van der Waals surface area contributed by atoms with Gasteiger partial charge in [-0.15, -0.1) is 0 Å². The van der Waals surface area contributed by atoms with E-state index >= 15 is 0 Å². The van der Waals surface area contributed by atoms with Gasteiger partial charge in [-0.3, -0.25) is 9.59 Å². The van der Waals surface area contributed by atoms with Crippen LogP contribution in [0.5, 0.6) is 0 Å². The zero-order valence-corrected chi connectivity index (χ0v) is 15.4. The Hall–Kier alpha value is -2.30. The van der Waals surface area contributed by atoms with Gasteiger partial charge >= 0.3 is 0 Å². The van der Waals surface area contributed by atoms with Gasteiger partial charge in [0, 0.05) is 43.0 Å². The number of nitrogens with zero attached hydrogens (tertiary/aromatic N) is 2. The van der Waals surface area contributed by atoms with Crippen molar-refractivity contribution in [2.45, 2.75) is 32.6 Å². The van der Waals surface area contributed by atoms with Crippen molar-refractivity contribution >= 4 is 22.7 Å². The van der Waals surface area contributed by atoms with Crippen LogP contribution in [-0.2, 0) is 4.79 Å². The molecule has 138 valence electrons. The number of piperidine rings is 2. The van der Waals surface area contributed by atoms with E-state index in [0.717, 1.165) is 43.3 Å². The van der Waals surface area contributed by atoms with Crippen molar-refractivity contribution in [1.29, 1.82) is 0 Å². The maximum atomic E-state index is 12.8. The molecule has 5 heteroatoms. The topological polar surface area (TPSA) is 56.4 Å². The quantitative estimate of drug-likeness (QED) is 0.901. The highest BCUT2D eigenvalue weighted by molar-refractivity contribution is 5.98. The molecule has 1 aromatic heterocycles. The van der Waals surface area contributed by atoms with Gasteiger partial charge in [0.2, 0.25) is 5.91 Å². The number of aromatic nitrogens is 1. The van der Waals surface area contributed by atoms with Gasteiger partial charge in [-0.25, -0.2) is 0 Å². The molecule has 4 rings (SSSR count). The van der Waals surface area contributed by atoms with Gasteiger partial charge in [-0.1, -0.05) is 25.1 Å². The molecule has 1 unspecified atom stereocenters. The van der Waals surface area contributed by atoms with Crippen molar-refractivity contribution < 1.29 is 9.59 Å². The summed E-state index contributed by atoms with van der Waals surface area (Å²) in [5.41, 5.74) is 1.63. The standard InChI is InChI=1S/C21H27N3O2/c1-15-5-4-10-24(14-15)20(25)16-8-11-23(12-9-16)21(26)19-13-17-6-2-3-7-18(17)22-19/h2-3,6-7,13,15-16,22H,4-5,8-12,14H2,1H3. The Morgan fingerprint density at radius 2 is 1.81 bits per heavy atom. The van der Waals surface area contributed by atoms with E-state index in [2.05, 4.69) is 11.9 Å². The van der Waals surface area contributed by atoms with Crippen LogP contribution in [0.1, 0.15) is 43.1 Å². The van der Waals surface area contributed by atoms with Gasteiger partial charge in [0.05, 0.1) is 0 Å². The Morgan fingerprint density at radius 3 is 2.54 bits per heavy atom. The van der Waals surface area contributed by atoms with E-state index < -0.39 is 0 Å². The van der Waals surface area contributed by atoms with E-state index in [0.29, 0.717) is 30.6 Å². The van der Waals surface area contributed by atoms with Crippen molar-refractivity contribution in [3.63, 3.8) is 0 Å². The minimum atomic E-state index is 0.0405. The zero-order chi connectivity index (χ0) is 18.1. The summed E-state index contributed by atoms with van der Waals surface area (Å²) in [5.74, 6) is 1.02. The summed E-state index contributed by atoms with van der Waals surface area (Å²) in [6.07, 6.45) is 3.89. The van der Waals surface area contributed by atoms with E-state index in [1.807, 2.05) is 40.1 Å². The minimum absolute atomic E-state index is 0.0405. The van der Waals surface area contributed by atoms with E-state index in [-0.39, 0.29) is 11.8 Å². The first-order valence-corrected chi connectivity index (χ1v) is 9.77. The Labute approximate surface area is 154 Å². The third kappa shape index (κ3) is 3.35. The Kier molecular flexibility index (Phi) is 4.70. The first-order chi connectivity index (χ1) is 12.6. The summed E-state index contributed by atoms with van der Waals surface area (Å²) in [7, 11) is 0. The van der Waals surface area contributed by atoms with Crippen LogP contribution in [0.4, 0.5) is 0 Å². The molecule has 2 aromatic rings. The van der Waals surface area contributed by atoms with Crippen LogP contribution < -0.4 is 0 Å². The second-order valence-corrected chi connectivity index (χ2v) is 7.87. The van der Waals surface area contributed by atoms with Crippen molar-refractivity contribution in [1.82, 2.24) is 14.8 Å². The van der Waals surface area contributed by atoms with Crippen LogP contribution >= 0.6 is 0 Å². The van der Waals surface area contributed by atoms with Gasteiger partial charge in [0.1, 0.15) is 5.69 Å². The van der Waals surface area contributed by atoms with Gasteiger partial charge in [-0.05, 0) is 43.7 Å². The highest BCUT2D eigenvalue weighted by atomic mass is 16.2. The maximum absolute atomic E-state index is 12.8. The molecule has 2 aliphatic rings. The number of aromatic amines is 1. The molecule has 1 aromatic carbocycles. The number of carbonyl (C=O) groups excluding carboxylic acids is 2. The third-order valence-corrected chi connectivity index (χ3v) is 5.86. The van der Waals surface area contributed by atoms with E-state index in [1.165, 1.54) is 6.42 Å². The third-order valence-electron chi connectivity index (χ3n) is 5.86. The first kappa shape index (κ1) is 17.1. The highest BCUT2D eigenvalue weighted by Crippen LogP contribution is 2.25. The normalized spacial score (nSPS) is 22.0. The molecule has 0 bridgehead atoms. The summed E-state index contributed by atoms with van der Waals surface area (Å²) in [5, 5.41) is 1.06. The molecule has 2 amide bonds. The zero-order valence-electron chi connectivity index (χ0n) is 15.4. The fraction of sp³-hybridized carbons (Fsp3) is 0.524. The van der Waals surface area contributed by atoms with Crippen LogP contribution in [0.3, 0.4) is 0 Å². The number of carbonyl (C=O) groups is 2. The molecule has 26 heavy (non-hydrogen) atoms. The summed E-state index contributed by atoms with van der Waals surface area (Å²) in [6.45, 7) is 5.34. The number of H-pyrrole nitrogens is 1. The first-order valence-electron chi connectivity index (χ1n) is 9.77. The number of fused-ring (bicyclic) bond motifs is 1. The second-order valence-electron chi connectivity index (χ2n) is 7.87. The van der Waals surface area contributed by atoms with Crippen LogP contribution in [0.15, 0.2) is 30.3 Å². The number of rotatable bonds is 2. The Bertz CT molecular complexity index is 771. The van der Waals surface area contributed by atoms with Gasteiger partial charge < -0.3 is 14.8 Å². The molecular formula is C21H27N3O2. The van der Waals surface area contributed by atoms with Crippen molar-refractivity contribution in [2.75, 3.05) is 26.2 Å². The summed E-state index contributed by atoms with van der Waals surface area (Å²) in [6, 6.07) is 9.85. The fourth-order valence-electron chi connectivity index (χ4n) is 4.34. The second kappa shape index (κ2) is 7.14. The minimum Gasteiger partial charge on any atom is -0.351 e. The number of likely N-dealkylation sites (tertiary alicyclic amines) is 2. The van der Waals surface area contributed by atoms with Crippen molar-refractivity contribution in [3.8, 4) is 0 Å². The van der Waals surface area contributed by atoms with Gasteiger partial charge in [-0.2, -0.15) is 0 Å². The Balaban J connectivity index is 1.37. The van der Waals surface area contributed by atoms with Crippen LogP contribution in [0, 0.1) is 11.8 Å². The number of amides is 2. The molecule has 2 fully saturated rings. The SMILES string of the molecule is CC1CCCN(C(=O)C2CCN(C(=O)c3cc4ccccc4[nH]3)CC2)C1.